The number of carbonyl (C=O) groups is 1. The van der Waals surface area contributed by atoms with E-state index in [0.717, 1.165) is 16.5 Å². The van der Waals surface area contributed by atoms with E-state index in [1.54, 1.807) is 11.5 Å². The fourth-order valence-electron chi connectivity index (χ4n) is 3.12. The summed E-state index contributed by atoms with van der Waals surface area (Å²) in [7, 11) is 1.35. The highest BCUT2D eigenvalue weighted by atomic mass is 32.2. The number of ether oxygens (including phenoxy) is 1. The van der Waals surface area contributed by atoms with Crippen LogP contribution in [-0.4, -0.2) is 32.9 Å². The summed E-state index contributed by atoms with van der Waals surface area (Å²) in [6.45, 7) is 3.72. The van der Waals surface area contributed by atoms with Crippen LogP contribution in [0.3, 0.4) is 0 Å². The Hall–Kier alpha value is -3.06. The molecular weight excluding hydrogens is 374 g/mol. The lowest BCUT2D eigenvalue weighted by molar-refractivity contribution is -0.139. The third kappa shape index (κ3) is 3.07. The summed E-state index contributed by atoms with van der Waals surface area (Å²) in [6, 6.07) is 15.3. The number of esters is 1. The quantitative estimate of drug-likeness (QED) is 0.324. The van der Waals surface area contributed by atoms with Crippen LogP contribution in [-0.2, 0) is 9.53 Å². The van der Waals surface area contributed by atoms with Crippen molar-refractivity contribution in [1.82, 2.24) is 14.5 Å². The molecule has 0 aliphatic heterocycles. The van der Waals surface area contributed by atoms with Crippen LogP contribution in [0.2, 0.25) is 0 Å². The lowest BCUT2D eigenvalue weighted by Gasteiger charge is -2.14. The van der Waals surface area contributed by atoms with Gasteiger partial charge in [-0.2, -0.15) is 0 Å². The number of para-hydroxylation sites is 1. The van der Waals surface area contributed by atoms with E-state index in [2.05, 4.69) is 4.98 Å². The summed E-state index contributed by atoms with van der Waals surface area (Å²) >= 11 is 1.21. The van der Waals surface area contributed by atoms with Crippen molar-refractivity contribution in [2.24, 2.45) is 0 Å². The zero-order valence-corrected chi connectivity index (χ0v) is 16.5. The van der Waals surface area contributed by atoms with Gasteiger partial charge >= 0.3 is 5.97 Å². The molecule has 142 valence electrons. The highest BCUT2D eigenvalue weighted by Gasteiger charge is 2.22. The molecule has 6 nitrogen and oxygen atoms in total. The Bertz CT molecular complexity index is 1240. The zero-order chi connectivity index (χ0) is 19.8. The smallest absolute Gasteiger partial charge is 0.318 e. The topological polar surface area (TPSA) is 77.0 Å². The van der Waals surface area contributed by atoms with Crippen LogP contribution in [0.1, 0.15) is 12.5 Å². The summed E-state index contributed by atoms with van der Waals surface area (Å²) in [5.41, 5.74) is 3.47. The van der Waals surface area contributed by atoms with E-state index >= 15 is 0 Å². The molecule has 4 aromatic rings. The first-order valence-corrected chi connectivity index (χ1v) is 9.72. The van der Waals surface area contributed by atoms with Gasteiger partial charge in [-0.3, -0.25) is 14.2 Å². The van der Waals surface area contributed by atoms with E-state index in [1.165, 1.54) is 18.9 Å². The van der Waals surface area contributed by atoms with Gasteiger partial charge in [0.25, 0.3) is 5.56 Å². The molecule has 28 heavy (non-hydrogen) atoms. The number of hydrogen-bond donors (Lipinski definition) is 1. The van der Waals surface area contributed by atoms with Crippen LogP contribution in [0.15, 0.2) is 58.5 Å². The Balaban J connectivity index is 2.01. The number of aromatic amines is 1. The Kier molecular flexibility index (Phi) is 4.68. The number of H-pyrrole nitrogens is 1. The third-order valence-corrected chi connectivity index (χ3v) is 5.63. The number of thioether (sulfide) groups is 1. The second-order valence-electron chi connectivity index (χ2n) is 6.55. The number of benzene rings is 2. The standard InChI is InChI=1S/C21H19N3O3S/c1-12-8-10-14(11-9-12)24-19(25)18-17(15-6-4-5-7-16(15)22-18)23-21(24)28-13(2)20(26)27-3/h4-11,13,22H,1-3H3/t13-/m0/s1. The largest absolute Gasteiger partial charge is 0.468 e. The van der Waals surface area contributed by atoms with Crippen LogP contribution in [0.5, 0.6) is 0 Å². The van der Waals surface area contributed by atoms with Crippen molar-refractivity contribution in [3.63, 3.8) is 0 Å². The molecule has 0 amide bonds. The normalized spacial score (nSPS) is 12.4. The predicted molar refractivity (Wildman–Crippen MR) is 111 cm³/mol. The predicted octanol–water partition coefficient (Wildman–Crippen LogP) is 3.83. The van der Waals surface area contributed by atoms with Crippen molar-refractivity contribution in [2.75, 3.05) is 7.11 Å². The molecule has 0 spiro atoms. The minimum absolute atomic E-state index is 0.204. The average Bonchev–Trinajstić information content (AvgIpc) is 3.08. The van der Waals surface area contributed by atoms with Crippen LogP contribution in [0, 0.1) is 6.92 Å². The molecule has 2 heterocycles. The maximum Gasteiger partial charge on any atom is 0.318 e. The van der Waals surface area contributed by atoms with Gasteiger partial charge in [0, 0.05) is 10.9 Å². The first kappa shape index (κ1) is 18.3. The zero-order valence-electron chi connectivity index (χ0n) is 15.7. The van der Waals surface area contributed by atoms with E-state index < -0.39 is 5.25 Å². The monoisotopic (exact) mass is 393 g/mol. The molecule has 0 unspecified atom stereocenters. The number of methoxy groups -OCH3 is 1. The van der Waals surface area contributed by atoms with Gasteiger partial charge in [-0.05, 0) is 32.0 Å². The number of rotatable bonds is 4. The molecule has 0 saturated heterocycles. The maximum absolute atomic E-state index is 13.4. The Morgan fingerprint density at radius 1 is 1.18 bits per heavy atom. The third-order valence-electron chi connectivity index (χ3n) is 4.60. The van der Waals surface area contributed by atoms with Crippen molar-refractivity contribution < 1.29 is 9.53 Å². The molecule has 1 N–H and O–H groups in total. The number of carbonyl (C=O) groups excluding carboxylic acids is 1. The van der Waals surface area contributed by atoms with Gasteiger partial charge in [-0.15, -0.1) is 0 Å². The fraction of sp³-hybridized carbons (Fsp3) is 0.190. The van der Waals surface area contributed by atoms with Crippen molar-refractivity contribution >= 4 is 39.7 Å². The molecule has 7 heteroatoms. The molecule has 0 aliphatic carbocycles. The maximum atomic E-state index is 13.4. The van der Waals surface area contributed by atoms with Crippen molar-refractivity contribution in [1.29, 1.82) is 0 Å². The molecule has 0 aliphatic rings. The van der Waals surface area contributed by atoms with Gasteiger partial charge < -0.3 is 9.72 Å². The van der Waals surface area contributed by atoms with Crippen LogP contribution >= 0.6 is 11.8 Å². The van der Waals surface area contributed by atoms with E-state index in [1.807, 2.05) is 55.5 Å². The van der Waals surface area contributed by atoms with Gasteiger partial charge in [-0.25, -0.2) is 4.98 Å². The van der Waals surface area contributed by atoms with Crippen LogP contribution in [0.4, 0.5) is 0 Å². The molecule has 2 aromatic heterocycles. The molecule has 0 saturated carbocycles. The second kappa shape index (κ2) is 7.16. The molecule has 0 radical (unpaired) electrons. The highest BCUT2D eigenvalue weighted by Crippen LogP contribution is 2.28. The summed E-state index contributed by atoms with van der Waals surface area (Å²) in [5, 5.41) is 0.818. The fourth-order valence-corrected chi connectivity index (χ4v) is 4.06. The Morgan fingerprint density at radius 3 is 2.61 bits per heavy atom. The van der Waals surface area contributed by atoms with E-state index in [-0.39, 0.29) is 11.5 Å². The Labute approximate surface area is 165 Å². The SMILES string of the molecule is COC(=O)[C@H](C)Sc1nc2c([nH]c3ccccc32)c(=O)n1-c1ccc(C)cc1. The van der Waals surface area contributed by atoms with Crippen molar-refractivity contribution in [3.8, 4) is 5.69 Å². The first-order chi connectivity index (χ1) is 13.5. The highest BCUT2D eigenvalue weighted by molar-refractivity contribution is 8.00. The molecule has 0 fully saturated rings. The van der Waals surface area contributed by atoms with E-state index in [4.69, 9.17) is 9.72 Å². The molecule has 4 rings (SSSR count). The van der Waals surface area contributed by atoms with Crippen LogP contribution in [0.25, 0.3) is 27.6 Å². The minimum Gasteiger partial charge on any atom is -0.468 e. The summed E-state index contributed by atoms with van der Waals surface area (Å²) in [6.07, 6.45) is 0. The van der Waals surface area contributed by atoms with Gasteiger partial charge in [0.2, 0.25) is 0 Å². The van der Waals surface area contributed by atoms with Crippen LogP contribution < -0.4 is 5.56 Å². The van der Waals surface area contributed by atoms with Crippen molar-refractivity contribution in [2.45, 2.75) is 24.3 Å². The number of aromatic nitrogens is 3. The molecule has 2 aromatic carbocycles. The lowest BCUT2D eigenvalue weighted by atomic mass is 10.2. The lowest BCUT2D eigenvalue weighted by Crippen LogP contribution is -2.24. The number of aryl methyl sites for hydroxylation is 1. The number of nitrogens with one attached hydrogen (secondary N) is 1. The summed E-state index contributed by atoms with van der Waals surface area (Å²) in [5.74, 6) is -0.367. The average molecular weight is 393 g/mol. The number of fused-ring (bicyclic) bond motifs is 3. The summed E-state index contributed by atoms with van der Waals surface area (Å²) in [4.78, 5) is 33.3. The first-order valence-electron chi connectivity index (χ1n) is 8.84. The van der Waals surface area contributed by atoms with E-state index in [9.17, 15) is 9.59 Å². The Morgan fingerprint density at radius 2 is 1.89 bits per heavy atom. The van der Waals surface area contributed by atoms with Gasteiger partial charge in [0.05, 0.1) is 12.8 Å². The number of nitrogens with zero attached hydrogens (tertiary/aromatic N) is 2. The molecule has 0 bridgehead atoms. The summed E-state index contributed by atoms with van der Waals surface area (Å²) < 4.78 is 6.38. The second-order valence-corrected chi connectivity index (χ2v) is 7.86. The minimum atomic E-state index is -0.503. The van der Waals surface area contributed by atoms with Gasteiger partial charge in [0.15, 0.2) is 5.16 Å². The molecule has 1 atom stereocenters. The molecular formula is C21H19N3O3S. The van der Waals surface area contributed by atoms with Gasteiger partial charge in [-0.1, -0.05) is 47.7 Å². The van der Waals surface area contributed by atoms with E-state index in [0.29, 0.717) is 21.9 Å². The number of hydrogen-bond acceptors (Lipinski definition) is 5. The van der Waals surface area contributed by atoms with Crippen molar-refractivity contribution in [3.05, 3.63) is 64.4 Å². The van der Waals surface area contributed by atoms with Gasteiger partial charge in [0.1, 0.15) is 16.3 Å².